The molecule has 0 bridgehead atoms. The molecule has 1 aliphatic rings. The third-order valence-corrected chi connectivity index (χ3v) is 3.29. The summed E-state index contributed by atoms with van der Waals surface area (Å²) >= 11 is 0. The molecule has 1 aromatic rings. The molecule has 2 rings (SSSR count). The fraction of sp³-hybridized carbons (Fsp3) is 0.571. The lowest BCUT2D eigenvalue weighted by atomic mass is 10.00. The maximum atomic E-state index is 10.2. The van der Waals surface area contributed by atoms with Crippen LogP contribution in [0.4, 0.5) is 0 Å². The van der Waals surface area contributed by atoms with Crippen molar-refractivity contribution < 1.29 is 19.7 Å². The third-order valence-electron chi connectivity index (χ3n) is 3.29. The van der Waals surface area contributed by atoms with Crippen LogP contribution in [0.15, 0.2) is 18.2 Å². The van der Waals surface area contributed by atoms with E-state index in [1.165, 1.54) is 0 Å². The highest BCUT2D eigenvalue weighted by Gasteiger charge is 2.20. The molecule has 106 valence electrons. The van der Waals surface area contributed by atoms with Crippen LogP contribution in [0, 0.1) is 0 Å². The first-order valence-electron chi connectivity index (χ1n) is 6.45. The number of hydrogen-bond acceptors (Lipinski definition) is 5. The van der Waals surface area contributed by atoms with Crippen molar-refractivity contribution in [3.05, 3.63) is 23.8 Å². The molecule has 1 heterocycles. The molecule has 5 nitrogen and oxygen atoms in total. The van der Waals surface area contributed by atoms with E-state index in [-0.39, 0.29) is 18.9 Å². The molecule has 5 heteroatoms. The van der Waals surface area contributed by atoms with E-state index in [9.17, 15) is 5.11 Å². The number of rotatable bonds is 6. The average Bonchev–Trinajstić information content (AvgIpc) is 2.83. The van der Waals surface area contributed by atoms with Gasteiger partial charge < -0.3 is 25.0 Å². The van der Waals surface area contributed by atoms with Crippen molar-refractivity contribution in [2.45, 2.75) is 31.9 Å². The Morgan fingerprint density at radius 2 is 2.05 bits per heavy atom. The van der Waals surface area contributed by atoms with Crippen LogP contribution < -0.4 is 14.8 Å². The first kappa shape index (κ1) is 14.1. The molecule has 0 radical (unpaired) electrons. The summed E-state index contributed by atoms with van der Waals surface area (Å²) in [7, 11) is 0. The lowest BCUT2D eigenvalue weighted by Crippen LogP contribution is -2.42. The predicted molar refractivity (Wildman–Crippen MR) is 71.3 cm³/mol. The van der Waals surface area contributed by atoms with Gasteiger partial charge in [-0.2, -0.15) is 0 Å². The molecule has 0 fully saturated rings. The summed E-state index contributed by atoms with van der Waals surface area (Å²) in [5.41, 5.74) is 0.586. The molecule has 0 saturated carbocycles. The zero-order valence-corrected chi connectivity index (χ0v) is 11.3. The van der Waals surface area contributed by atoms with Crippen LogP contribution in [0.5, 0.6) is 11.5 Å². The Bertz CT molecular complexity index is 433. The summed E-state index contributed by atoms with van der Waals surface area (Å²) in [6.07, 6.45) is 0.0217. The zero-order valence-electron chi connectivity index (χ0n) is 11.3. The van der Waals surface area contributed by atoms with E-state index in [2.05, 4.69) is 5.32 Å². The van der Waals surface area contributed by atoms with Crippen molar-refractivity contribution >= 4 is 0 Å². The zero-order chi connectivity index (χ0) is 13.9. The van der Waals surface area contributed by atoms with Crippen LogP contribution in [0.1, 0.15) is 31.9 Å². The molecule has 0 aliphatic carbocycles. The number of β-amino-alcohol motifs (C(OH)–C–C–N with tert-alkyl or cyclic N) is 1. The van der Waals surface area contributed by atoms with Gasteiger partial charge in [-0.3, -0.25) is 0 Å². The summed E-state index contributed by atoms with van der Waals surface area (Å²) in [4.78, 5) is 0. The van der Waals surface area contributed by atoms with Gasteiger partial charge in [0.2, 0.25) is 6.79 Å². The predicted octanol–water partition coefficient (Wildman–Crippen LogP) is 1.20. The van der Waals surface area contributed by atoms with Crippen LogP contribution in [-0.4, -0.2) is 35.7 Å². The van der Waals surface area contributed by atoms with Crippen molar-refractivity contribution in [3.63, 3.8) is 0 Å². The first-order chi connectivity index (χ1) is 9.02. The number of fused-ring (bicyclic) bond motifs is 1. The SMILES string of the molecule is CC(C)(CCO)NCC(O)c1ccc2c(c1)OCO2. The number of aliphatic hydroxyl groups excluding tert-OH is 2. The molecule has 19 heavy (non-hydrogen) atoms. The highest BCUT2D eigenvalue weighted by atomic mass is 16.7. The van der Waals surface area contributed by atoms with Crippen LogP contribution >= 0.6 is 0 Å². The minimum Gasteiger partial charge on any atom is -0.454 e. The molecular weight excluding hydrogens is 246 g/mol. The number of nitrogens with one attached hydrogen (secondary N) is 1. The lowest BCUT2D eigenvalue weighted by Gasteiger charge is -2.27. The minimum atomic E-state index is -0.618. The van der Waals surface area contributed by atoms with Gasteiger partial charge in [-0.25, -0.2) is 0 Å². The number of benzene rings is 1. The average molecular weight is 267 g/mol. The number of aliphatic hydroxyl groups is 2. The van der Waals surface area contributed by atoms with Gasteiger partial charge in [0.15, 0.2) is 11.5 Å². The van der Waals surface area contributed by atoms with Crippen molar-refractivity contribution in [1.29, 1.82) is 0 Å². The quantitative estimate of drug-likeness (QED) is 0.722. The molecule has 1 unspecified atom stereocenters. The second kappa shape index (κ2) is 5.77. The monoisotopic (exact) mass is 267 g/mol. The van der Waals surface area contributed by atoms with E-state index in [0.29, 0.717) is 24.5 Å². The van der Waals surface area contributed by atoms with Gasteiger partial charge in [-0.15, -0.1) is 0 Å². The van der Waals surface area contributed by atoms with Crippen molar-refractivity contribution in [3.8, 4) is 11.5 Å². The van der Waals surface area contributed by atoms with Crippen LogP contribution in [0.3, 0.4) is 0 Å². The Labute approximate surface area is 113 Å². The molecule has 3 N–H and O–H groups in total. The molecule has 0 amide bonds. The van der Waals surface area contributed by atoms with E-state index in [4.69, 9.17) is 14.6 Å². The molecule has 0 spiro atoms. The summed E-state index contributed by atoms with van der Waals surface area (Å²) in [6.45, 7) is 4.77. The molecule has 1 aromatic carbocycles. The van der Waals surface area contributed by atoms with Crippen LogP contribution in [0.2, 0.25) is 0 Å². The largest absolute Gasteiger partial charge is 0.454 e. The second-order valence-electron chi connectivity index (χ2n) is 5.37. The number of ether oxygens (including phenoxy) is 2. The Kier molecular flexibility index (Phi) is 4.29. The smallest absolute Gasteiger partial charge is 0.231 e. The molecular formula is C14H21NO4. The first-order valence-corrected chi connectivity index (χ1v) is 6.45. The highest BCUT2D eigenvalue weighted by Crippen LogP contribution is 2.34. The molecule has 0 aromatic heterocycles. The lowest BCUT2D eigenvalue weighted by molar-refractivity contribution is 0.151. The van der Waals surface area contributed by atoms with Crippen molar-refractivity contribution in [1.82, 2.24) is 5.32 Å². The number of hydrogen-bond donors (Lipinski definition) is 3. The molecule has 0 saturated heterocycles. The maximum absolute atomic E-state index is 10.2. The van der Waals surface area contributed by atoms with Gasteiger partial charge in [-0.1, -0.05) is 6.07 Å². The summed E-state index contributed by atoms with van der Waals surface area (Å²) < 4.78 is 10.5. The third kappa shape index (κ3) is 3.59. The fourth-order valence-corrected chi connectivity index (χ4v) is 1.98. The topological polar surface area (TPSA) is 71.0 Å². The summed E-state index contributed by atoms with van der Waals surface area (Å²) in [6, 6.07) is 5.44. The van der Waals surface area contributed by atoms with E-state index < -0.39 is 6.10 Å². The van der Waals surface area contributed by atoms with Crippen molar-refractivity contribution in [2.24, 2.45) is 0 Å². The van der Waals surface area contributed by atoms with Gasteiger partial charge in [0.1, 0.15) is 0 Å². The molecule has 1 aliphatic heterocycles. The Hall–Kier alpha value is -1.30. The Balaban J connectivity index is 1.95. The van der Waals surface area contributed by atoms with Gasteiger partial charge >= 0.3 is 0 Å². The van der Waals surface area contributed by atoms with E-state index >= 15 is 0 Å². The minimum absolute atomic E-state index is 0.125. The van der Waals surface area contributed by atoms with Gasteiger partial charge in [0.05, 0.1) is 6.10 Å². The second-order valence-corrected chi connectivity index (χ2v) is 5.37. The van der Waals surface area contributed by atoms with Crippen LogP contribution in [-0.2, 0) is 0 Å². The summed E-state index contributed by atoms with van der Waals surface area (Å²) in [5.74, 6) is 1.38. The van der Waals surface area contributed by atoms with E-state index in [1.54, 1.807) is 12.1 Å². The standard InChI is InChI=1S/C14H21NO4/c1-14(2,5-6-16)15-8-11(17)10-3-4-12-13(7-10)19-9-18-12/h3-4,7,11,15-17H,5-6,8-9H2,1-2H3. The van der Waals surface area contributed by atoms with Gasteiger partial charge in [-0.05, 0) is 38.0 Å². The normalized spacial score (nSPS) is 15.6. The summed E-state index contributed by atoms with van der Waals surface area (Å²) in [5, 5.41) is 22.4. The Morgan fingerprint density at radius 1 is 1.32 bits per heavy atom. The van der Waals surface area contributed by atoms with Crippen LogP contribution in [0.25, 0.3) is 0 Å². The highest BCUT2D eigenvalue weighted by molar-refractivity contribution is 5.45. The molecule has 1 atom stereocenters. The van der Waals surface area contributed by atoms with Gasteiger partial charge in [0.25, 0.3) is 0 Å². The van der Waals surface area contributed by atoms with E-state index in [1.807, 2.05) is 19.9 Å². The van der Waals surface area contributed by atoms with Crippen molar-refractivity contribution in [2.75, 3.05) is 19.9 Å². The van der Waals surface area contributed by atoms with Gasteiger partial charge in [0, 0.05) is 18.7 Å². The van der Waals surface area contributed by atoms with E-state index in [0.717, 1.165) is 5.56 Å². The Morgan fingerprint density at radius 3 is 2.79 bits per heavy atom. The maximum Gasteiger partial charge on any atom is 0.231 e. The fourth-order valence-electron chi connectivity index (χ4n) is 1.98.